The molecule has 0 spiro atoms. The molecule has 3 aromatic heterocycles. The number of aromatic amines is 1. The van der Waals surface area contributed by atoms with Gasteiger partial charge in [0.15, 0.2) is 5.65 Å². The van der Waals surface area contributed by atoms with Crippen LogP contribution in [-0.2, 0) is 4.74 Å². The molecule has 0 aliphatic carbocycles. The molecule has 160 valence electrons. The quantitative estimate of drug-likeness (QED) is 0.553. The number of ether oxygens (including phenoxy) is 1. The van der Waals surface area contributed by atoms with Crippen LogP contribution in [0.1, 0.15) is 30.0 Å². The maximum atomic E-state index is 13.0. The van der Waals surface area contributed by atoms with Gasteiger partial charge in [0.05, 0.1) is 36.3 Å². The highest BCUT2D eigenvalue weighted by molar-refractivity contribution is 5.84. The number of fused-ring (bicyclic) bond motifs is 2. The Kier molecular flexibility index (Phi) is 4.26. The van der Waals surface area contributed by atoms with E-state index >= 15 is 0 Å². The Balaban J connectivity index is 1.42. The summed E-state index contributed by atoms with van der Waals surface area (Å²) in [5.74, 6) is 0. The second-order valence-corrected chi connectivity index (χ2v) is 8.91. The smallest absolute Gasteiger partial charge is 0.326 e. The second-order valence-electron chi connectivity index (χ2n) is 8.91. The van der Waals surface area contributed by atoms with Crippen molar-refractivity contribution in [2.45, 2.75) is 38.8 Å². The number of likely N-dealkylation sites (tertiary alicyclic amines) is 1. The SMILES string of the molecule is Cc1cc2c(cc1-c1cc(C)c3ncnn3c1)[nH]c(=O)n2[C@@H]1CCCN(C2COC2)C1. The van der Waals surface area contributed by atoms with Crippen molar-refractivity contribution in [3.05, 3.63) is 52.3 Å². The van der Waals surface area contributed by atoms with Gasteiger partial charge >= 0.3 is 5.69 Å². The highest BCUT2D eigenvalue weighted by Crippen LogP contribution is 2.31. The second kappa shape index (κ2) is 7.03. The fraction of sp³-hybridized carbons (Fsp3) is 0.435. The number of pyridine rings is 1. The number of imidazole rings is 1. The van der Waals surface area contributed by atoms with Gasteiger partial charge in [0.25, 0.3) is 0 Å². The highest BCUT2D eigenvalue weighted by atomic mass is 16.5. The fourth-order valence-corrected chi connectivity index (χ4v) is 5.15. The Morgan fingerprint density at radius 1 is 1.13 bits per heavy atom. The van der Waals surface area contributed by atoms with Crippen molar-refractivity contribution in [1.29, 1.82) is 0 Å². The Morgan fingerprint density at radius 2 is 2.00 bits per heavy atom. The third kappa shape index (κ3) is 3.01. The van der Waals surface area contributed by atoms with E-state index in [1.54, 1.807) is 6.33 Å². The summed E-state index contributed by atoms with van der Waals surface area (Å²) in [4.78, 5) is 22.9. The van der Waals surface area contributed by atoms with E-state index in [0.717, 1.165) is 78.1 Å². The van der Waals surface area contributed by atoms with Crippen molar-refractivity contribution in [1.82, 2.24) is 29.0 Å². The molecule has 0 bridgehead atoms. The van der Waals surface area contributed by atoms with Crippen LogP contribution in [0.2, 0.25) is 0 Å². The molecule has 5 heterocycles. The van der Waals surface area contributed by atoms with Crippen LogP contribution >= 0.6 is 0 Å². The number of nitrogens with zero attached hydrogens (tertiary/aromatic N) is 5. The summed E-state index contributed by atoms with van der Waals surface area (Å²) in [5, 5.41) is 4.30. The molecule has 2 aliphatic rings. The zero-order chi connectivity index (χ0) is 21.1. The molecule has 1 atom stereocenters. The van der Waals surface area contributed by atoms with E-state index < -0.39 is 0 Å². The lowest BCUT2D eigenvalue weighted by Gasteiger charge is -2.42. The Bertz CT molecular complexity index is 1350. The van der Waals surface area contributed by atoms with Gasteiger partial charge in [0.1, 0.15) is 6.33 Å². The van der Waals surface area contributed by atoms with E-state index in [-0.39, 0.29) is 11.7 Å². The lowest BCUT2D eigenvalue weighted by atomic mass is 9.99. The minimum atomic E-state index is -0.0221. The van der Waals surface area contributed by atoms with E-state index in [1.165, 1.54) is 0 Å². The Hall–Kier alpha value is -2.97. The van der Waals surface area contributed by atoms with E-state index in [2.05, 4.69) is 45.1 Å². The average Bonchev–Trinajstić information content (AvgIpc) is 3.30. The molecule has 31 heavy (non-hydrogen) atoms. The number of H-pyrrole nitrogens is 1. The minimum absolute atomic E-state index is 0.0221. The number of nitrogens with one attached hydrogen (secondary N) is 1. The number of aromatic nitrogens is 5. The van der Waals surface area contributed by atoms with Crippen LogP contribution < -0.4 is 5.69 Å². The molecule has 1 aromatic carbocycles. The first-order valence-corrected chi connectivity index (χ1v) is 11.0. The van der Waals surface area contributed by atoms with Gasteiger partial charge in [-0.05, 0) is 68.1 Å². The van der Waals surface area contributed by atoms with Crippen molar-refractivity contribution in [2.24, 2.45) is 0 Å². The predicted octanol–water partition coefficient (Wildman–Crippen LogP) is 2.69. The van der Waals surface area contributed by atoms with Crippen LogP contribution in [0.3, 0.4) is 0 Å². The van der Waals surface area contributed by atoms with Gasteiger partial charge in [-0.2, -0.15) is 5.10 Å². The first-order valence-electron chi connectivity index (χ1n) is 11.0. The summed E-state index contributed by atoms with van der Waals surface area (Å²) < 4.78 is 9.17. The Morgan fingerprint density at radius 3 is 2.81 bits per heavy atom. The van der Waals surface area contributed by atoms with Gasteiger partial charge in [0.2, 0.25) is 0 Å². The third-order valence-corrected chi connectivity index (χ3v) is 6.86. The number of rotatable bonds is 3. The van der Waals surface area contributed by atoms with Gasteiger partial charge in [-0.15, -0.1) is 0 Å². The fourth-order valence-electron chi connectivity index (χ4n) is 5.15. The van der Waals surface area contributed by atoms with Crippen molar-refractivity contribution in [3.63, 3.8) is 0 Å². The van der Waals surface area contributed by atoms with Crippen molar-refractivity contribution < 1.29 is 4.74 Å². The van der Waals surface area contributed by atoms with Crippen molar-refractivity contribution in [2.75, 3.05) is 26.3 Å². The molecule has 8 heteroatoms. The molecule has 6 rings (SSSR count). The number of benzene rings is 1. The summed E-state index contributed by atoms with van der Waals surface area (Å²) in [5.41, 5.74) is 7.08. The summed E-state index contributed by atoms with van der Waals surface area (Å²) >= 11 is 0. The standard InChI is InChI=1S/C23H26N6O2/c1-14-7-21-20(8-19(14)16-6-15(2)22-24-13-25-28(22)9-16)26-23(30)29(21)17-4-3-5-27(10-17)18-11-31-12-18/h6-9,13,17-18H,3-5,10-12H2,1-2H3,(H,26,30)/t17-/m1/s1. The molecule has 0 saturated carbocycles. The van der Waals surface area contributed by atoms with Crippen LogP contribution in [-0.4, -0.2) is 61.4 Å². The largest absolute Gasteiger partial charge is 0.378 e. The molecule has 0 radical (unpaired) electrons. The predicted molar refractivity (Wildman–Crippen MR) is 118 cm³/mol. The lowest BCUT2D eigenvalue weighted by molar-refractivity contribution is -0.0751. The van der Waals surface area contributed by atoms with E-state index in [9.17, 15) is 4.79 Å². The zero-order valence-electron chi connectivity index (χ0n) is 17.8. The van der Waals surface area contributed by atoms with Gasteiger partial charge in [0, 0.05) is 18.3 Å². The van der Waals surface area contributed by atoms with Gasteiger partial charge < -0.3 is 9.72 Å². The summed E-state index contributed by atoms with van der Waals surface area (Å²) in [7, 11) is 0. The van der Waals surface area contributed by atoms with Crippen LogP contribution in [0.15, 0.2) is 35.5 Å². The summed E-state index contributed by atoms with van der Waals surface area (Å²) in [6.07, 6.45) is 5.70. The molecule has 2 fully saturated rings. The zero-order valence-corrected chi connectivity index (χ0v) is 17.8. The van der Waals surface area contributed by atoms with Gasteiger partial charge in [-0.1, -0.05) is 0 Å². The molecule has 1 N–H and O–H groups in total. The van der Waals surface area contributed by atoms with Crippen LogP contribution in [0.25, 0.3) is 27.8 Å². The summed E-state index contributed by atoms with van der Waals surface area (Å²) in [6.45, 7) is 7.78. The van der Waals surface area contributed by atoms with Crippen LogP contribution in [0.4, 0.5) is 0 Å². The Labute approximate surface area is 179 Å². The normalized spacial score (nSPS) is 20.5. The molecule has 4 aromatic rings. The van der Waals surface area contributed by atoms with Crippen LogP contribution in [0, 0.1) is 13.8 Å². The topological polar surface area (TPSA) is 80.5 Å². The monoisotopic (exact) mass is 418 g/mol. The van der Waals surface area contributed by atoms with E-state index in [0.29, 0.717) is 6.04 Å². The summed E-state index contributed by atoms with van der Waals surface area (Å²) in [6, 6.07) is 7.07. The van der Waals surface area contributed by atoms with E-state index in [4.69, 9.17) is 4.74 Å². The molecule has 2 aliphatic heterocycles. The van der Waals surface area contributed by atoms with Crippen molar-refractivity contribution in [3.8, 4) is 11.1 Å². The number of hydrogen-bond donors (Lipinski definition) is 1. The van der Waals surface area contributed by atoms with Gasteiger partial charge in [-0.25, -0.2) is 14.3 Å². The first kappa shape index (κ1) is 18.8. The highest BCUT2D eigenvalue weighted by Gasteiger charge is 2.32. The first-order chi connectivity index (χ1) is 15.1. The molecule has 8 nitrogen and oxygen atoms in total. The number of hydrogen-bond acceptors (Lipinski definition) is 5. The maximum Gasteiger partial charge on any atom is 0.326 e. The number of aryl methyl sites for hydroxylation is 2. The van der Waals surface area contributed by atoms with E-state index in [1.807, 2.05) is 22.2 Å². The average molecular weight is 419 g/mol. The molecular weight excluding hydrogens is 392 g/mol. The van der Waals surface area contributed by atoms with Gasteiger partial charge in [-0.3, -0.25) is 9.47 Å². The minimum Gasteiger partial charge on any atom is -0.378 e. The molecule has 0 unspecified atom stereocenters. The molecule has 0 amide bonds. The maximum absolute atomic E-state index is 13.0. The van der Waals surface area contributed by atoms with Crippen molar-refractivity contribution >= 4 is 16.7 Å². The number of piperidine rings is 1. The third-order valence-electron chi connectivity index (χ3n) is 6.86. The molecule has 2 saturated heterocycles. The van der Waals surface area contributed by atoms with Crippen LogP contribution in [0.5, 0.6) is 0 Å². The lowest BCUT2D eigenvalue weighted by Crippen LogP contribution is -2.53. The molecular formula is C23H26N6O2.